The maximum atomic E-state index is 5.55. The molecule has 0 fully saturated rings. The number of nitrogens with one attached hydrogen (secondary N) is 1. The molecule has 3 N–H and O–H groups in total. The highest BCUT2D eigenvalue weighted by Crippen LogP contribution is 2.18. The van der Waals surface area contributed by atoms with Crippen LogP contribution in [-0.4, -0.2) is 20.2 Å². The molecule has 0 saturated heterocycles. The quantitative estimate of drug-likeness (QED) is 0.689. The first kappa shape index (κ1) is 7.88. The molecule has 0 aliphatic carbocycles. The van der Waals surface area contributed by atoms with E-state index in [9.17, 15) is 0 Å². The zero-order valence-electron chi connectivity index (χ0n) is 6.94. The summed E-state index contributed by atoms with van der Waals surface area (Å²) in [5, 5.41) is 7.56. The van der Waals surface area contributed by atoms with E-state index in [0.717, 1.165) is 16.8 Å². The van der Waals surface area contributed by atoms with Crippen molar-refractivity contribution in [2.45, 2.75) is 6.54 Å². The Kier molecular flexibility index (Phi) is 2.01. The molecule has 0 aromatic carbocycles. The molecular formula is C8H9N5. The molecule has 13 heavy (non-hydrogen) atoms. The maximum absolute atomic E-state index is 5.55. The average molecular weight is 175 g/mol. The van der Waals surface area contributed by atoms with Crippen molar-refractivity contribution in [1.82, 2.24) is 20.2 Å². The van der Waals surface area contributed by atoms with Crippen molar-refractivity contribution in [3.63, 3.8) is 0 Å². The number of nitrogens with two attached hydrogens (primary N) is 1. The number of aromatic amines is 1. The molecule has 2 heterocycles. The van der Waals surface area contributed by atoms with Gasteiger partial charge in [0.05, 0.1) is 30.6 Å². The summed E-state index contributed by atoms with van der Waals surface area (Å²) < 4.78 is 0. The predicted octanol–water partition coefficient (Wildman–Crippen LogP) is 0.325. The Balaban J connectivity index is 2.51. The maximum Gasteiger partial charge on any atom is 0.0924 e. The number of aromatic nitrogens is 4. The highest BCUT2D eigenvalue weighted by Gasteiger charge is 2.04. The van der Waals surface area contributed by atoms with Crippen molar-refractivity contribution in [3.05, 3.63) is 30.5 Å². The van der Waals surface area contributed by atoms with Crippen LogP contribution in [0, 0.1) is 0 Å². The minimum Gasteiger partial charge on any atom is -0.345 e. The third-order valence-corrected chi connectivity index (χ3v) is 1.82. The molecule has 66 valence electrons. The summed E-state index contributed by atoms with van der Waals surface area (Å²) in [6.45, 7) is 0.448. The molecule has 0 saturated carbocycles. The monoisotopic (exact) mass is 175 g/mol. The smallest absolute Gasteiger partial charge is 0.0924 e. The molecule has 0 bridgehead atoms. The van der Waals surface area contributed by atoms with E-state index in [4.69, 9.17) is 5.73 Å². The van der Waals surface area contributed by atoms with Crippen LogP contribution < -0.4 is 5.73 Å². The van der Waals surface area contributed by atoms with Gasteiger partial charge in [-0.1, -0.05) is 0 Å². The first-order valence-electron chi connectivity index (χ1n) is 3.90. The number of rotatable bonds is 2. The van der Waals surface area contributed by atoms with Crippen LogP contribution in [0.2, 0.25) is 0 Å². The lowest BCUT2D eigenvalue weighted by Gasteiger charge is -2.02. The largest absolute Gasteiger partial charge is 0.345 e. The van der Waals surface area contributed by atoms with Crippen molar-refractivity contribution in [2.75, 3.05) is 0 Å². The summed E-state index contributed by atoms with van der Waals surface area (Å²) in [6.07, 6.45) is 6.69. The molecule has 0 radical (unpaired) electrons. The van der Waals surface area contributed by atoms with Crippen LogP contribution in [-0.2, 0) is 6.54 Å². The van der Waals surface area contributed by atoms with Gasteiger partial charge in [-0.05, 0) is 5.56 Å². The first-order chi connectivity index (χ1) is 6.42. The topological polar surface area (TPSA) is 80.5 Å². The van der Waals surface area contributed by atoms with E-state index in [2.05, 4.69) is 20.2 Å². The average Bonchev–Trinajstić information content (AvgIpc) is 2.70. The molecule has 0 atom stereocenters. The summed E-state index contributed by atoms with van der Waals surface area (Å²) in [5.41, 5.74) is 8.38. The van der Waals surface area contributed by atoms with E-state index in [1.54, 1.807) is 24.9 Å². The molecule has 2 rings (SSSR count). The van der Waals surface area contributed by atoms with Gasteiger partial charge in [-0.2, -0.15) is 10.2 Å². The van der Waals surface area contributed by atoms with Gasteiger partial charge in [0.2, 0.25) is 0 Å². The SMILES string of the molecule is NCc1cnncc1-c1cnc[nH]1. The second kappa shape index (κ2) is 3.32. The fourth-order valence-electron chi connectivity index (χ4n) is 1.15. The van der Waals surface area contributed by atoms with Gasteiger partial charge in [0.25, 0.3) is 0 Å². The van der Waals surface area contributed by atoms with Gasteiger partial charge in [0.15, 0.2) is 0 Å². The highest BCUT2D eigenvalue weighted by atomic mass is 15.1. The lowest BCUT2D eigenvalue weighted by molar-refractivity contribution is 0.967. The molecular weight excluding hydrogens is 166 g/mol. The van der Waals surface area contributed by atoms with Crippen LogP contribution in [0.3, 0.4) is 0 Å². The zero-order valence-corrected chi connectivity index (χ0v) is 6.94. The molecule has 0 spiro atoms. The van der Waals surface area contributed by atoms with E-state index in [1.807, 2.05) is 0 Å². The Morgan fingerprint density at radius 2 is 2.08 bits per heavy atom. The van der Waals surface area contributed by atoms with Crippen LogP contribution in [0.5, 0.6) is 0 Å². The van der Waals surface area contributed by atoms with Crippen molar-refractivity contribution in [3.8, 4) is 11.3 Å². The fraction of sp³-hybridized carbons (Fsp3) is 0.125. The molecule has 0 unspecified atom stereocenters. The second-order valence-electron chi connectivity index (χ2n) is 2.60. The van der Waals surface area contributed by atoms with Gasteiger partial charge in [-0.25, -0.2) is 4.98 Å². The van der Waals surface area contributed by atoms with E-state index in [-0.39, 0.29) is 0 Å². The Labute approximate surface area is 75.0 Å². The van der Waals surface area contributed by atoms with Crippen LogP contribution in [0.15, 0.2) is 24.9 Å². The van der Waals surface area contributed by atoms with E-state index < -0.39 is 0 Å². The summed E-state index contributed by atoms with van der Waals surface area (Å²) in [5.74, 6) is 0. The number of H-pyrrole nitrogens is 1. The molecule has 0 aliphatic heterocycles. The Morgan fingerprint density at radius 1 is 1.23 bits per heavy atom. The minimum atomic E-state index is 0.448. The molecule has 5 nitrogen and oxygen atoms in total. The van der Waals surface area contributed by atoms with Crippen molar-refractivity contribution >= 4 is 0 Å². The third-order valence-electron chi connectivity index (χ3n) is 1.82. The zero-order chi connectivity index (χ0) is 9.10. The van der Waals surface area contributed by atoms with E-state index >= 15 is 0 Å². The predicted molar refractivity (Wildman–Crippen MR) is 47.5 cm³/mol. The van der Waals surface area contributed by atoms with Crippen molar-refractivity contribution in [2.24, 2.45) is 5.73 Å². The number of hydrogen-bond acceptors (Lipinski definition) is 4. The standard InChI is InChI=1S/C8H9N5/c9-1-6-2-12-13-3-7(6)8-4-10-5-11-8/h2-5H,1,9H2,(H,10,11). The number of hydrogen-bond donors (Lipinski definition) is 2. The molecule has 5 heteroatoms. The molecule has 2 aromatic rings. The fourth-order valence-corrected chi connectivity index (χ4v) is 1.15. The van der Waals surface area contributed by atoms with E-state index in [0.29, 0.717) is 6.54 Å². The minimum absolute atomic E-state index is 0.448. The van der Waals surface area contributed by atoms with Gasteiger partial charge < -0.3 is 10.7 Å². The van der Waals surface area contributed by atoms with Gasteiger partial charge in [-0.3, -0.25) is 0 Å². The third kappa shape index (κ3) is 1.41. The highest BCUT2D eigenvalue weighted by molar-refractivity contribution is 5.60. The van der Waals surface area contributed by atoms with Gasteiger partial charge in [0.1, 0.15) is 0 Å². The Morgan fingerprint density at radius 3 is 2.77 bits per heavy atom. The summed E-state index contributed by atoms with van der Waals surface area (Å²) in [6, 6.07) is 0. The summed E-state index contributed by atoms with van der Waals surface area (Å²) >= 11 is 0. The van der Waals surface area contributed by atoms with Crippen LogP contribution in [0.1, 0.15) is 5.56 Å². The van der Waals surface area contributed by atoms with E-state index in [1.165, 1.54) is 0 Å². The normalized spacial score (nSPS) is 10.2. The first-order valence-corrected chi connectivity index (χ1v) is 3.90. The molecule has 2 aromatic heterocycles. The van der Waals surface area contributed by atoms with Crippen molar-refractivity contribution < 1.29 is 0 Å². The van der Waals surface area contributed by atoms with Crippen LogP contribution >= 0.6 is 0 Å². The molecule has 0 aliphatic rings. The van der Waals surface area contributed by atoms with Crippen molar-refractivity contribution in [1.29, 1.82) is 0 Å². The van der Waals surface area contributed by atoms with Gasteiger partial charge in [0, 0.05) is 12.1 Å². The second-order valence-corrected chi connectivity index (χ2v) is 2.60. The Hall–Kier alpha value is -1.75. The number of nitrogens with zero attached hydrogens (tertiary/aromatic N) is 3. The van der Waals surface area contributed by atoms with Gasteiger partial charge >= 0.3 is 0 Å². The summed E-state index contributed by atoms with van der Waals surface area (Å²) in [7, 11) is 0. The lowest BCUT2D eigenvalue weighted by Crippen LogP contribution is -2.00. The summed E-state index contributed by atoms with van der Waals surface area (Å²) in [4.78, 5) is 6.92. The van der Waals surface area contributed by atoms with Crippen LogP contribution in [0.25, 0.3) is 11.3 Å². The molecule has 0 amide bonds. The van der Waals surface area contributed by atoms with Crippen LogP contribution in [0.4, 0.5) is 0 Å². The lowest BCUT2D eigenvalue weighted by atomic mass is 10.1. The number of imidazole rings is 1. The van der Waals surface area contributed by atoms with Gasteiger partial charge in [-0.15, -0.1) is 0 Å². The Bertz CT molecular complexity index is 381.